The second-order valence-corrected chi connectivity index (χ2v) is 11.9. The van der Waals surface area contributed by atoms with E-state index in [0.717, 1.165) is 24.8 Å². The van der Waals surface area contributed by atoms with Gasteiger partial charge in [-0.2, -0.15) is 0 Å². The van der Waals surface area contributed by atoms with Gasteiger partial charge in [0, 0.05) is 6.08 Å². The van der Waals surface area contributed by atoms with E-state index in [1.165, 1.54) is 22.7 Å². The average Bonchev–Trinajstić information content (AvgIpc) is 3.26. The third-order valence-electron chi connectivity index (χ3n) is 5.61. The Morgan fingerprint density at radius 3 is 2.62 bits per heavy atom. The van der Waals surface area contributed by atoms with Crippen molar-refractivity contribution >= 4 is 56.1 Å². The molecule has 0 spiro atoms. The molecular weight excluding hydrogens is 466 g/mol. The van der Waals surface area contributed by atoms with E-state index in [0.29, 0.717) is 27.3 Å². The molecule has 2 saturated heterocycles. The summed E-state index contributed by atoms with van der Waals surface area (Å²) < 4.78 is 29.3. The maximum Gasteiger partial charge on any atom is 0.335 e. The number of amides is 1. The molecule has 9 heteroatoms. The lowest BCUT2D eigenvalue weighted by Gasteiger charge is -2.20. The van der Waals surface area contributed by atoms with Crippen molar-refractivity contribution in [1.29, 1.82) is 0 Å². The van der Waals surface area contributed by atoms with E-state index >= 15 is 0 Å². The first-order valence-electron chi connectivity index (χ1n) is 10.4. The first-order valence-corrected chi connectivity index (χ1v) is 13.5. The lowest BCUT2D eigenvalue weighted by molar-refractivity contribution is -0.129. The van der Waals surface area contributed by atoms with Crippen LogP contribution >= 0.6 is 24.0 Å². The highest BCUT2D eigenvalue weighted by Crippen LogP contribution is 2.36. The summed E-state index contributed by atoms with van der Waals surface area (Å²) in [4.78, 5) is 26.7. The fourth-order valence-corrected chi connectivity index (χ4v) is 7.01. The molecule has 2 atom stereocenters. The SMILES string of the molecule is O=C(/C=C/[C@@H]1CC=CCC1)Oc1ccc(/C=C2/SC(=S)N([C@H]3CCS(=O)(=O)C3)C2=O)cc1. The molecule has 0 saturated carbocycles. The van der Waals surface area contributed by atoms with Gasteiger partial charge in [-0.3, -0.25) is 9.69 Å². The zero-order valence-corrected chi connectivity index (χ0v) is 19.8. The van der Waals surface area contributed by atoms with Crippen molar-refractivity contribution in [2.24, 2.45) is 5.92 Å². The van der Waals surface area contributed by atoms with Crippen LogP contribution in [0.2, 0.25) is 0 Å². The summed E-state index contributed by atoms with van der Waals surface area (Å²) in [6.45, 7) is 0. The Morgan fingerprint density at radius 1 is 1.19 bits per heavy atom. The van der Waals surface area contributed by atoms with Gasteiger partial charge in [-0.25, -0.2) is 13.2 Å². The Morgan fingerprint density at radius 2 is 1.97 bits per heavy atom. The highest BCUT2D eigenvalue weighted by Gasteiger charge is 2.42. The molecule has 0 radical (unpaired) electrons. The maximum atomic E-state index is 12.8. The van der Waals surface area contributed by atoms with Crippen LogP contribution in [-0.2, 0) is 19.4 Å². The van der Waals surface area contributed by atoms with Crippen LogP contribution in [0, 0.1) is 5.92 Å². The normalized spacial score (nSPS) is 26.4. The zero-order valence-electron chi connectivity index (χ0n) is 17.3. The van der Waals surface area contributed by atoms with Crippen LogP contribution in [-0.4, -0.2) is 47.1 Å². The monoisotopic (exact) mass is 489 g/mol. The number of hydrogen-bond donors (Lipinski definition) is 0. The smallest absolute Gasteiger partial charge is 0.335 e. The number of esters is 1. The molecular formula is C23H23NO5S3. The zero-order chi connectivity index (χ0) is 22.7. The predicted molar refractivity (Wildman–Crippen MR) is 130 cm³/mol. The summed E-state index contributed by atoms with van der Waals surface area (Å²) in [5.74, 6) is 0.154. The number of thioether (sulfide) groups is 1. The molecule has 0 unspecified atom stereocenters. The third-order valence-corrected chi connectivity index (χ3v) is 8.69. The Hall–Kier alpha value is -2.23. The minimum absolute atomic E-state index is 0.0430. The van der Waals surface area contributed by atoms with Gasteiger partial charge in [0.05, 0.1) is 22.5 Å². The van der Waals surface area contributed by atoms with Crippen LogP contribution in [0.4, 0.5) is 0 Å². The van der Waals surface area contributed by atoms with Crippen molar-refractivity contribution in [3.8, 4) is 5.75 Å². The Labute approximate surface area is 197 Å². The summed E-state index contributed by atoms with van der Waals surface area (Å²) in [5, 5.41) is 0. The number of benzene rings is 1. The third kappa shape index (κ3) is 5.57. The molecule has 6 nitrogen and oxygen atoms in total. The van der Waals surface area contributed by atoms with Crippen molar-refractivity contribution in [2.75, 3.05) is 11.5 Å². The molecule has 0 aromatic heterocycles. The number of allylic oxidation sites excluding steroid dienone is 3. The molecule has 1 amide bonds. The fourth-order valence-electron chi connectivity index (χ4n) is 3.91. The number of carbonyl (C=O) groups excluding carboxylic acids is 2. The maximum absolute atomic E-state index is 12.8. The van der Waals surface area contributed by atoms with Crippen LogP contribution in [0.1, 0.15) is 31.2 Å². The summed E-state index contributed by atoms with van der Waals surface area (Å²) in [5.41, 5.74) is 0.758. The highest BCUT2D eigenvalue weighted by molar-refractivity contribution is 8.26. The van der Waals surface area contributed by atoms with Crippen LogP contribution < -0.4 is 4.74 Å². The standard InChI is InChI=1S/C23H23NO5S3/c25-21(11-8-16-4-2-1-3-5-16)29-19-9-6-17(7-10-19)14-20-22(26)24(23(30)31-20)18-12-13-32(27,28)15-18/h1-2,6-11,14,16,18H,3-5,12-13,15H2/b11-8+,20-14+/t16-,18+/m1/s1. The number of sulfone groups is 1. The van der Waals surface area contributed by atoms with Crippen molar-refractivity contribution < 1.29 is 22.7 Å². The molecule has 1 aromatic carbocycles. The fraction of sp³-hybridized carbons (Fsp3) is 0.348. The summed E-state index contributed by atoms with van der Waals surface area (Å²) in [6, 6.07) is 6.46. The molecule has 1 aliphatic carbocycles. The number of carbonyl (C=O) groups is 2. The van der Waals surface area contributed by atoms with Gasteiger partial charge in [0.25, 0.3) is 5.91 Å². The van der Waals surface area contributed by atoms with Crippen LogP contribution in [0.15, 0.2) is 53.5 Å². The molecule has 2 fully saturated rings. The molecule has 3 aliphatic rings. The summed E-state index contributed by atoms with van der Waals surface area (Å²) >= 11 is 6.50. The van der Waals surface area contributed by atoms with Gasteiger partial charge in [0.1, 0.15) is 10.1 Å². The quantitative estimate of drug-likeness (QED) is 0.204. The first-order chi connectivity index (χ1) is 15.3. The van der Waals surface area contributed by atoms with Crippen LogP contribution in [0.5, 0.6) is 5.75 Å². The topological polar surface area (TPSA) is 80.8 Å². The van der Waals surface area contributed by atoms with Gasteiger partial charge < -0.3 is 4.74 Å². The van der Waals surface area contributed by atoms with Crippen LogP contribution in [0.3, 0.4) is 0 Å². The van der Waals surface area contributed by atoms with Gasteiger partial charge in [-0.1, -0.05) is 54.3 Å². The molecule has 0 N–H and O–H groups in total. The molecule has 2 aliphatic heterocycles. The molecule has 2 heterocycles. The second-order valence-electron chi connectivity index (χ2n) is 8.00. The number of hydrogen-bond acceptors (Lipinski definition) is 7. The number of rotatable bonds is 5. The summed E-state index contributed by atoms with van der Waals surface area (Å²) in [7, 11) is -3.11. The van der Waals surface area contributed by atoms with Gasteiger partial charge in [-0.15, -0.1) is 0 Å². The van der Waals surface area contributed by atoms with Crippen molar-refractivity contribution in [3.05, 3.63) is 59.0 Å². The molecule has 168 valence electrons. The Bertz CT molecular complexity index is 1120. The van der Waals surface area contributed by atoms with E-state index in [4.69, 9.17) is 17.0 Å². The van der Waals surface area contributed by atoms with E-state index in [1.807, 2.05) is 6.08 Å². The number of nitrogens with zero attached hydrogens (tertiary/aromatic N) is 1. The van der Waals surface area contributed by atoms with Gasteiger partial charge in [0.2, 0.25) is 0 Å². The van der Waals surface area contributed by atoms with E-state index in [-0.39, 0.29) is 17.4 Å². The van der Waals surface area contributed by atoms with E-state index < -0.39 is 21.8 Å². The molecule has 0 bridgehead atoms. The van der Waals surface area contributed by atoms with E-state index in [2.05, 4.69) is 12.2 Å². The van der Waals surface area contributed by atoms with E-state index in [1.54, 1.807) is 30.3 Å². The minimum atomic E-state index is -3.11. The largest absolute Gasteiger partial charge is 0.423 e. The van der Waals surface area contributed by atoms with Gasteiger partial charge >= 0.3 is 5.97 Å². The number of ether oxygens (including phenoxy) is 1. The summed E-state index contributed by atoms with van der Waals surface area (Å²) in [6.07, 6.45) is 12.8. The lowest BCUT2D eigenvalue weighted by Crippen LogP contribution is -2.39. The first kappa shape index (κ1) is 22.9. The second kappa shape index (κ2) is 9.72. The predicted octanol–water partition coefficient (Wildman–Crippen LogP) is 3.89. The minimum Gasteiger partial charge on any atom is -0.423 e. The van der Waals surface area contributed by atoms with Gasteiger partial charge in [-0.05, 0) is 55.4 Å². The molecule has 4 rings (SSSR count). The van der Waals surface area contributed by atoms with Gasteiger partial charge in [0.15, 0.2) is 9.84 Å². The molecule has 32 heavy (non-hydrogen) atoms. The Kier molecular flexibility index (Phi) is 6.97. The van der Waals surface area contributed by atoms with Crippen molar-refractivity contribution in [2.45, 2.75) is 31.7 Å². The molecule has 1 aromatic rings. The highest BCUT2D eigenvalue weighted by atomic mass is 32.2. The van der Waals surface area contributed by atoms with E-state index in [9.17, 15) is 18.0 Å². The number of thiocarbonyl (C=S) groups is 1. The van der Waals surface area contributed by atoms with Crippen LogP contribution in [0.25, 0.3) is 6.08 Å². The van der Waals surface area contributed by atoms with Crippen molar-refractivity contribution in [3.63, 3.8) is 0 Å². The van der Waals surface area contributed by atoms with Crippen molar-refractivity contribution in [1.82, 2.24) is 4.90 Å². The average molecular weight is 490 g/mol. The Balaban J connectivity index is 1.37. The lowest BCUT2D eigenvalue weighted by atomic mass is 9.94.